The van der Waals surface area contributed by atoms with Crippen LogP contribution in [0.2, 0.25) is 5.02 Å². The van der Waals surface area contributed by atoms with E-state index in [0.29, 0.717) is 13.0 Å². The predicted molar refractivity (Wildman–Crippen MR) is 93.3 cm³/mol. The molecule has 1 aromatic heterocycles. The molecule has 0 spiro atoms. The molecule has 2 aromatic rings. The maximum Gasteiger partial charge on any atom is 0.159 e. The van der Waals surface area contributed by atoms with Crippen molar-refractivity contribution in [3.63, 3.8) is 0 Å². The summed E-state index contributed by atoms with van der Waals surface area (Å²) in [5.41, 5.74) is 2.06. The van der Waals surface area contributed by atoms with E-state index < -0.39 is 0 Å². The van der Waals surface area contributed by atoms with Crippen LogP contribution in [0.1, 0.15) is 43.0 Å². The van der Waals surface area contributed by atoms with Gasteiger partial charge in [-0.1, -0.05) is 23.7 Å². The molecular weight excluding hydrogens is 324 g/mol. The highest BCUT2D eigenvalue weighted by Gasteiger charge is 2.18. The van der Waals surface area contributed by atoms with Crippen LogP contribution in [-0.4, -0.2) is 17.4 Å². The predicted octanol–water partition coefficient (Wildman–Crippen LogP) is 4.31. The minimum atomic E-state index is -0.283. The zero-order chi connectivity index (χ0) is 17.5. The number of carbonyl (C=O) groups excluding carboxylic acids is 1. The second-order valence-corrected chi connectivity index (χ2v) is 5.90. The van der Waals surface area contributed by atoms with Gasteiger partial charge in [0.1, 0.15) is 17.6 Å². The van der Waals surface area contributed by atoms with E-state index in [1.165, 1.54) is 0 Å². The molecule has 1 atom stereocenters. The van der Waals surface area contributed by atoms with Crippen molar-refractivity contribution in [2.75, 3.05) is 6.61 Å². The Balaban J connectivity index is 2.10. The van der Waals surface area contributed by atoms with Gasteiger partial charge in [-0.25, -0.2) is 4.98 Å². The number of ether oxygens (including phenoxy) is 1. The van der Waals surface area contributed by atoms with Gasteiger partial charge < -0.3 is 4.74 Å². The zero-order valence-electron chi connectivity index (χ0n) is 13.8. The smallest absolute Gasteiger partial charge is 0.159 e. The number of aryl methyl sites for hydroxylation is 1. The number of ketones is 1. The molecule has 0 N–H and O–H groups in total. The molecule has 0 aliphatic rings. The van der Waals surface area contributed by atoms with E-state index in [1.54, 1.807) is 19.2 Å². The summed E-state index contributed by atoms with van der Waals surface area (Å²) in [6.45, 7) is 4.15. The fourth-order valence-electron chi connectivity index (χ4n) is 2.56. The molecule has 1 heterocycles. The second kappa shape index (κ2) is 8.47. The van der Waals surface area contributed by atoms with Gasteiger partial charge in [0.05, 0.1) is 11.6 Å². The van der Waals surface area contributed by atoms with Crippen molar-refractivity contribution in [3.05, 3.63) is 58.4 Å². The van der Waals surface area contributed by atoms with Gasteiger partial charge in [-0.05, 0) is 56.0 Å². The van der Waals surface area contributed by atoms with Gasteiger partial charge in [-0.15, -0.1) is 0 Å². The van der Waals surface area contributed by atoms with E-state index in [1.807, 2.05) is 37.3 Å². The Hall–Kier alpha value is -2.38. The van der Waals surface area contributed by atoms with Crippen LogP contribution < -0.4 is 4.74 Å². The fraction of sp³-hybridized carbons (Fsp3) is 0.316. The molecule has 4 nitrogen and oxygen atoms in total. The Morgan fingerprint density at radius 2 is 2.08 bits per heavy atom. The molecule has 0 bridgehead atoms. The van der Waals surface area contributed by atoms with Crippen LogP contribution in [0.4, 0.5) is 0 Å². The van der Waals surface area contributed by atoms with Gasteiger partial charge in [-0.2, -0.15) is 5.26 Å². The third-order valence-corrected chi connectivity index (χ3v) is 4.11. The zero-order valence-corrected chi connectivity index (χ0v) is 14.5. The number of Topliss-reactive ketones (excluding diaryl/α,β-unsaturated/α-hetero) is 1. The number of halogens is 1. The summed E-state index contributed by atoms with van der Waals surface area (Å²) in [5.74, 6) is 0.616. The van der Waals surface area contributed by atoms with E-state index in [0.717, 1.165) is 23.3 Å². The third-order valence-electron chi connectivity index (χ3n) is 3.82. The normalized spacial score (nSPS) is 11.6. The van der Waals surface area contributed by atoms with Crippen LogP contribution in [0, 0.1) is 11.3 Å². The number of rotatable bonds is 7. The van der Waals surface area contributed by atoms with Crippen LogP contribution in [0.5, 0.6) is 5.75 Å². The SMILES string of the molecule is CCOc1ccc(CCC(C(C)=O)c2cnc(C#N)c(Cl)c2)cc1. The summed E-state index contributed by atoms with van der Waals surface area (Å²) < 4.78 is 5.43. The Morgan fingerprint density at radius 1 is 1.38 bits per heavy atom. The molecule has 124 valence electrons. The molecule has 1 aromatic carbocycles. The third kappa shape index (κ3) is 4.56. The molecular formula is C19H19ClN2O2. The van der Waals surface area contributed by atoms with Crippen LogP contribution in [0.15, 0.2) is 36.5 Å². The van der Waals surface area contributed by atoms with Gasteiger partial charge >= 0.3 is 0 Å². The lowest BCUT2D eigenvalue weighted by molar-refractivity contribution is -0.118. The Kier molecular flexibility index (Phi) is 6.34. The van der Waals surface area contributed by atoms with Gasteiger partial charge in [0.15, 0.2) is 5.69 Å². The first-order valence-corrected chi connectivity index (χ1v) is 8.20. The second-order valence-electron chi connectivity index (χ2n) is 5.49. The van der Waals surface area contributed by atoms with Gasteiger partial charge in [0.2, 0.25) is 0 Å². The van der Waals surface area contributed by atoms with Crippen molar-refractivity contribution in [1.29, 1.82) is 5.26 Å². The van der Waals surface area contributed by atoms with E-state index in [2.05, 4.69) is 4.98 Å². The number of hydrogen-bond donors (Lipinski definition) is 0. The number of benzene rings is 1. The largest absolute Gasteiger partial charge is 0.494 e. The highest BCUT2D eigenvalue weighted by Crippen LogP contribution is 2.26. The molecule has 0 saturated carbocycles. The topological polar surface area (TPSA) is 63.0 Å². The first-order chi connectivity index (χ1) is 11.5. The average Bonchev–Trinajstić information content (AvgIpc) is 2.56. The highest BCUT2D eigenvalue weighted by molar-refractivity contribution is 6.31. The standard InChI is InChI=1S/C19H19ClN2O2/c1-3-24-16-7-4-14(5-8-16)6-9-17(13(2)23)15-10-18(20)19(11-21)22-12-15/h4-5,7-8,10,12,17H,3,6,9H2,1-2H3. The molecule has 0 amide bonds. The highest BCUT2D eigenvalue weighted by atomic mass is 35.5. The molecule has 1 unspecified atom stereocenters. The van der Waals surface area contributed by atoms with Crippen molar-refractivity contribution >= 4 is 17.4 Å². The summed E-state index contributed by atoms with van der Waals surface area (Å²) in [6, 6.07) is 11.5. The van der Waals surface area contributed by atoms with Gasteiger partial charge in [0, 0.05) is 12.1 Å². The van der Waals surface area contributed by atoms with E-state index in [9.17, 15) is 4.79 Å². The summed E-state index contributed by atoms with van der Waals surface area (Å²) in [7, 11) is 0. The molecule has 0 saturated heterocycles. The number of carbonyl (C=O) groups is 1. The van der Waals surface area contributed by atoms with Crippen molar-refractivity contribution in [2.45, 2.75) is 32.6 Å². The molecule has 2 rings (SSSR count). The molecule has 5 heteroatoms. The van der Waals surface area contributed by atoms with Gasteiger partial charge in [0.25, 0.3) is 0 Å². The number of pyridine rings is 1. The molecule has 0 fully saturated rings. The first-order valence-electron chi connectivity index (χ1n) is 7.82. The summed E-state index contributed by atoms with van der Waals surface area (Å²) in [6.07, 6.45) is 2.98. The van der Waals surface area contributed by atoms with Crippen LogP contribution in [-0.2, 0) is 11.2 Å². The Labute approximate surface area is 147 Å². The maximum atomic E-state index is 12.0. The molecule has 0 aliphatic carbocycles. The van der Waals surface area contributed by atoms with E-state index in [-0.39, 0.29) is 22.4 Å². The van der Waals surface area contributed by atoms with Gasteiger partial charge in [-0.3, -0.25) is 4.79 Å². The number of nitriles is 1. The summed E-state index contributed by atoms with van der Waals surface area (Å²) in [5, 5.41) is 9.18. The Morgan fingerprint density at radius 3 is 2.62 bits per heavy atom. The minimum absolute atomic E-state index is 0.0588. The van der Waals surface area contributed by atoms with Crippen LogP contribution in [0.3, 0.4) is 0 Å². The van der Waals surface area contributed by atoms with Crippen molar-refractivity contribution < 1.29 is 9.53 Å². The summed E-state index contributed by atoms with van der Waals surface area (Å²) in [4.78, 5) is 16.0. The average molecular weight is 343 g/mol. The fourth-order valence-corrected chi connectivity index (χ4v) is 2.78. The lowest BCUT2D eigenvalue weighted by Crippen LogP contribution is -2.11. The van der Waals surface area contributed by atoms with Crippen LogP contribution >= 0.6 is 11.6 Å². The number of hydrogen-bond acceptors (Lipinski definition) is 4. The number of nitrogens with zero attached hydrogens (tertiary/aromatic N) is 2. The van der Waals surface area contributed by atoms with E-state index >= 15 is 0 Å². The monoisotopic (exact) mass is 342 g/mol. The number of aromatic nitrogens is 1. The Bertz CT molecular complexity index is 751. The van der Waals surface area contributed by atoms with Crippen LogP contribution in [0.25, 0.3) is 0 Å². The molecule has 0 aliphatic heterocycles. The van der Waals surface area contributed by atoms with Crippen molar-refractivity contribution in [3.8, 4) is 11.8 Å². The quantitative estimate of drug-likeness (QED) is 0.752. The first kappa shape index (κ1) is 18.0. The van der Waals surface area contributed by atoms with E-state index in [4.69, 9.17) is 21.6 Å². The van der Waals surface area contributed by atoms with Crippen molar-refractivity contribution in [1.82, 2.24) is 4.98 Å². The van der Waals surface area contributed by atoms with Crippen molar-refractivity contribution in [2.24, 2.45) is 0 Å². The molecule has 24 heavy (non-hydrogen) atoms. The lowest BCUT2D eigenvalue weighted by Gasteiger charge is -2.14. The summed E-state index contributed by atoms with van der Waals surface area (Å²) >= 11 is 6.03. The lowest BCUT2D eigenvalue weighted by atomic mass is 9.90. The molecule has 0 radical (unpaired) electrons. The minimum Gasteiger partial charge on any atom is -0.494 e. The maximum absolute atomic E-state index is 12.0.